The van der Waals surface area contributed by atoms with E-state index < -0.39 is 12.1 Å². The van der Waals surface area contributed by atoms with E-state index in [1.165, 1.54) is 0 Å². The Kier molecular flexibility index (Phi) is 5.79. The molecule has 0 spiro atoms. The van der Waals surface area contributed by atoms with Crippen molar-refractivity contribution in [2.75, 3.05) is 0 Å². The average Bonchev–Trinajstić information content (AvgIpc) is 2.72. The molecule has 0 saturated heterocycles. The highest BCUT2D eigenvalue weighted by Gasteiger charge is 2.23. The van der Waals surface area contributed by atoms with Crippen LogP contribution in [0.5, 0.6) is 0 Å². The topological polar surface area (TPSA) is 93.8 Å². The highest BCUT2D eigenvalue weighted by Crippen LogP contribution is 2.31. The minimum absolute atomic E-state index is 0.318. The van der Waals surface area contributed by atoms with E-state index in [1.807, 2.05) is 60.7 Å². The van der Waals surface area contributed by atoms with Crippen molar-refractivity contribution in [2.45, 2.75) is 12.5 Å². The van der Waals surface area contributed by atoms with Gasteiger partial charge in [0.25, 0.3) is 0 Å². The van der Waals surface area contributed by atoms with Crippen LogP contribution in [0.4, 0.5) is 4.79 Å². The Hall–Kier alpha value is -3.67. The summed E-state index contributed by atoms with van der Waals surface area (Å²) in [5.74, 6) is 0.318. The normalized spacial score (nSPS) is 15.1. The van der Waals surface area contributed by atoms with Crippen LogP contribution < -0.4 is 11.2 Å². The maximum absolute atomic E-state index is 11.6. The fourth-order valence-corrected chi connectivity index (χ4v) is 2.78. The molecule has 2 aromatic rings. The Labute approximate surface area is 157 Å². The summed E-state index contributed by atoms with van der Waals surface area (Å²) < 4.78 is 6.29. The maximum atomic E-state index is 11.6. The molecule has 0 atom stereocenters. The Morgan fingerprint density at radius 1 is 1.07 bits per heavy atom. The van der Waals surface area contributed by atoms with Crippen molar-refractivity contribution < 1.29 is 14.3 Å². The molecule has 1 aliphatic rings. The first-order valence-corrected chi connectivity index (χ1v) is 8.44. The molecule has 27 heavy (non-hydrogen) atoms. The Bertz CT molecular complexity index is 863. The van der Waals surface area contributed by atoms with Gasteiger partial charge in [0.1, 0.15) is 11.8 Å². The summed E-state index contributed by atoms with van der Waals surface area (Å²) in [7, 11) is 0. The first-order chi connectivity index (χ1) is 13.2. The third-order valence-electron chi connectivity index (χ3n) is 4.00. The number of aldehydes is 1. The van der Waals surface area contributed by atoms with E-state index in [-0.39, 0.29) is 0 Å². The second-order valence-corrected chi connectivity index (χ2v) is 5.86. The SMILES string of the molecule is NC(=O)NN=C1CC=CC(C=O)=C1OC(c1ccccc1)c1ccccc1. The Balaban J connectivity index is 2.03. The number of nitrogens with zero attached hydrogens (tertiary/aromatic N) is 1. The van der Waals surface area contributed by atoms with Gasteiger partial charge in [-0.15, -0.1) is 0 Å². The predicted molar refractivity (Wildman–Crippen MR) is 103 cm³/mol. The number of primary amides is 1. The predicted octanol–water partition coefficient (Wildman–Crippen LogP) is 3.23. The first-order valence-electron chi connectivity index (χ1n) is 8.44. The number of hydrazone groups is 1. The van der Waals surface area contributed by atoms with E-state index in [0.29, 0.717) is 29.8 Å². The van der Waals surface area contributed by atoms with E-state index in [9.17, 15) is 9.59 Å². The molecular formula is C21H19N3O3. The van der Waals surface area contributed by atoms with Gasteiger partial charge in [0.05, 0.1) is 5.57 Å². The van der Waals surface area contributed by atoms with Gasteiger partial charge in [0.15, 0.2) is 12.0 Å². The summed E-state index contributed by atoms with van der Waals surface area (Å²) in [4.78, 5) is 22.6. The van der Waals surface area contributed by atoms with Crippen LogP contribution in [0.2, 0.25) is 0 Å². The number of carbonyl (C=O) groups excluding carboxylic acids is 2. The number of allylic oxidation sites excluding steroid dienone is 4. The smallest absolute Gasteiger partial charge is 0.332 e. The second-order valence-electron chi connectivity index (χ2n) is 5.86. The highest BCUT2D eigenvalue weighted by molar-refractivity contribution is 6.06. The van der Waals surface area contributed by atoms with Crippen molar-refractivity contribution in [2.24, 2.45) is 10.8 Å². The zero-order chi connectivity index (χ0) is 19.1. The number of nitrogens with one attached hydrogen (secondary N) is 1. The fourth-order valence-electron chi connectivity index (χ4n) is 2.78. The van der Waals surface area contributed by atoms with Crippen molar-refractivity contribution in [1.82, 2.24) is 5.43 Å². The molecule has 0 aromatic heterocycles. The Morgan fingerprint density at radius 2 is 1.67 bits per heavy atom. The zero-order valence-corrected chi connectivity index (χ0v) is 14.5. The molecule has 0 aliphatic heterocycles. The van der Waals surface area contributed by atoms with Crippen molar-refractivity contribution in [1.29, 1.82) is 0 Å². The van der Waals surface area contributed by atoms with Crippen LogP contribution in [0.3, 0.4) is 0 Å². The van der Waals surface area contributed by atoms with E-state index in [1.54, 1.807) is 12.2 Å². The number of carbonyl (C=O) groups is 2. The van der Waals surface area contributed by atoms with Gasteiger partial charge in [-0.1, -0.05) is 72.8 Å². The van der Waals surface area contributed by atoms with E-state index >= 15 is 0 Å². The van der Waals surface area contributed by atoms with Crippen LogP contribution in [-0.2, 0) is 9.53 Å². The molecule has 6 nitrogen and oxygen atoms in total. The van der Waals surface area contributed by atoms with Crippen LogP contribution >= 0.6 is 0 Å². The summed E-state index contributed by atoms with van der Waals surface area (Å²) in [5, 5.41) is 4.00. The Morgan fingerprint density at radius 3 is 2.19 bits per heavy atom. The standard InChI is InChI=1S/C21H19N3O3/c22-21(26)24-23-18-13-7-12-17(14-25)20(18)27-19(15-8-3-1-4-9-15)16-10-5-2-6-11-16/h1-12,14,19H,13H2,(H3,22,24,26). The van der Waals surface area contributed by atoms with Gasteiger partial charge < -0.3 is 10.5 Å². The number of ether oxygens (including phenoxy) is 1. The molecule has 2 amide bonds. The van der Waals surface area contributed by atoms with Gasteiger partial charge in [-0.25, -0.2) is 10.2 Å². The number of rotatable bonds is 6. The van der Waals surface area contributed by atoms with Crippen LogP contribution in [0.1, 0.15) is 23.7 Å². The third-order valence-corrected chi connectivity index (χ3v) is 4.00. The van der Waals surface area contributed by atoms with Crippen molar-refractivity contribution in [3.8, 4) is 0 Å². The van der Waals surface area contributed by atoms with Crippen LogP contribution in [0.25, 0.3) is 0 Å². The van der Waals surface area contributed by atoms with Gasteiger partial charge in [-0.05, 0) is 11.1 Å². The quantitative estimate of drug-likeness (QED) is 0.611. The molecule has 136 valence electrons. The molecule has 0 unspecified atom stereocenters. The van der Waals surface area contributed by atoms with Gasteiger partial charge in [-0.2, -0.15) is 5.10 Å². The number of nitrogens with two attached hydrogens (primary N) is 1. The molecule has 0 radical (unpaired) electrons. The van der Waals surface area contributed by atoms with Gasteiger partial charge >= 0.3 is 6.03 Å². The lowest BCUT2D eigenvalue weighted by Gasteiger charge is -2.24. The summed E-state index contributed by atoms with van der Waals surface area (Å²) >= 11 is 0. The van der Waals surface area contributed by atoms with Gasteiger partial charge in [-0.3, -0.25) is 4.79 Å². The number of benzene rings is 2. The van der Waals surface area contributed by atoms with Crippen LogP contribution in [0.15, 0.2) is 89.2 Å². The fraction of sp³-hybridized carbons (Fsp3) is 0.0952. The van der Waals surface area contributed by atoms with E-state index in [4.69, 9.17) is 10.5 Å². The lowest BCUT2D eigenvalue weighted by molar-refractivity contribution is -0.104. The monoisotopic (exact) mass is 361 g/mol. The first kappa shape index (κ1) is 18.1. The minimum atomic E-state index is -0.785. The minimum Gasteiger partial charge on any atom is -0.478 e. The molecule has 0 bridgehead atoms. The summed E-state index contributed by atoms with van der Waals surface area (Å²) in [6, 6.07) is 18.6. The number of urea groups is 1. The van der Waals surface area contributed by atoms with Crippen molar-refractivity contribution >= 4 is 18.0 Å². The number of hydrogen-bond donors (Lipinski definition) is 2. The lowest BCUT2D eigenvalue weighted by Crippen LogP contribution is -2.27. The van der Waals surface area contributed by atoms with Crippen molar-refractivity contribution in [3.63, 3.8) is 0 Å². The zero-order valence-electron chi connectivity index (χ0n) is 14.5. The maximum Gasteiger partial charge on any atom is 0.332 e. The van der Waals surface area contributed by atoms with Crippen molar-refractivity contribution in [3.05, 3.63) is 95.3 Å². The molecule has 2 aromatic carbocycles. The van der Waals surface area contributed by atoms with E-state index in [0.717, 1.165) is 11.1 Å². The van der Waals surface area contributed by atoms with Gasteiger partial charge in [0.2, 0.25) is 0 Å². The molecule has 0 saturated carbocycles. The molecule has 0 fully saturated rings. The molecule has 3 N–H and O–H groups in total. The van der Waals surface area contributed by atoms with Crippen LogP contribution in [-0.4, -0.2) is 18.0 Å². The summed E-state index contributed by atoms with van der Waals surface area (Å²) in [6.45, 7) is 0. The highest BCUT2D eigenvalue weighted by atomic mass is 16.5. The average molecular weight is 361 g/mol. The van der Waals surface area contributed by atoms with Gasteiger partial charge in [0, 0.05) is 6.42 Å². The largest absolute Gasteiger partial charge is 0.478 e. The second kappa shape index (κ2) is 8.62. The molecule has 6 heteroatoms. The third kappa shape index (κ3) is 4.49. The summed E-state index contributed by atoms with van der Waals surface area (Å²) in [5.41, 5.74) is 9.94. The molecular weight excluding hydrogens is 342 g/mol. The van der Waals surface area contributed by atoms with E-state index in [2.05, 4.69) is 10.5 Å². The molecule has 3 rings (SSSR count). The molecule has 1 aliphatic carbocycles. The summed E-state index contributed by atoms with van der Waals surface area (Å²) in [6.07, 6.45) is 4.13. The number of amides is 2. The molecule has 0 heterocycles. The van der Waals surface area contributed by atoms with Crippen LogP contribution in [0, 0.1) is 0 Å². The lowest BCUT2D eigenvalue weighted by atomic mass is 9.99. The number of hydrogen-bond acceptors (Lipinski definition) is 4.